The van der Waals surface area contributed by atoms with Crippen molar-refractivity contribution in [3.63, 3.8) is 0 Å². The monoisotopic (exact) mass is 386 g/mol. The van der Waals surface area contributed by atoms with Gasteiger partial charge >= 0.3 is 18.1 Å². The summed E-state index contributed by atoms with van der Waals surface area (Å²) in [5, 5.41) is 13.1. The number of anilines is 1. The highest BCUT2D eigenvalue weighted by molar-refractivity contribution is 6.37. The van der Waals surface area contributed by atoms with Crippen molar-refractivity contribution >= 4 is 23.3 Å². The summed E-state index contributed by atoms with van der Waals surface area (Å²) in [5.74, 6) is -2.50. The molecular formula is C15H13F3N4O5. The van der Waals surface area contributed by atoms with Crippen molar-refractivity contribution in [2.45, 2.75) is 20.0 Å². The number of aromatic nitrogens is 2. The first-order valence-corrected chi connectivity index (χ1v) is 7.44. The zero-order valence-electron chi connectivity index (χ0n) is 14.0. The van der Waals surface area contributed by atoms with Crippen LogP contribution in [0.3, 0.4) is 0 Å². The van der Waals surface area contributed by atoms with E-state index < -0.39 is 45.6 Å². The Balaban J connectivity index is 2.66. The summed E-state index contributed by atoms with van der Waals surface area (Å²) in [6, 6.07) is 1.04. The van der Waals surface area contributed by atoms with Crippen LogP contribution >= 0.6 is 0 Å². The van der Waals surface area contributed by atoms with Crippen molar-refractivity contribution in [2.24, 2.45) is 0 Å². The highest BCUT2D eigenvalue weighted by Gasteiger charge is 2.37. The number of halogens is 3. The second-order valence-corrected chi connectivity index (χ2v) is 5.16. The number of hydrogen-bond acceptors (Lipinski definition) is 6. The minimum absolute atomic E-state index is 0.124. The van der Waals surface area contributed by atoms with Crippen LogP contribution in [0.25, 0.3) is 5.69 Å². The lowest BCUT2D eigenvalue weighted by Crippen LogP contribution is -2.25. The molecule has 0 aliphatic rings. The SMILES string of the molecule is CCOC(=O)C(=O)Nc1cc(-n2ccnc2C)c(C(F)(F)F)cc1[N+](=O)[O-]. The Hall–Kier alpha value is -3.44. The van der Waals surface area contributed by atoms with Crippen molar-refractivity contribution in [2.75, 3.05) is 11.9 Å². The van der Waals surface area contributed by atoms with E-state index in [2.05, 4.69) is 9.72 Å². The number of nitro groups is 1. The number of esters is 1. The van der Waals surface area contributed by atoms with Crippen LogP contribution < -0.4 is 5.32 Å². The molecule has 2 aromatic rings. The number of imidazole rings is 1. The van der Waals surface area contributed by atoms with Crippen LogP contribution in [0.15, 0.2) is 24.5 Å². The molecule has 2 rings (SSSR count). The van der Waals surface area contributed by atoms with Crippen molar-refractivity contribution in [1.82, 2.24) is 9.55 Å². The molecule has 1 heterocycles. The van der Waals surface area contributed by atoms with Crippen LogP contribution in [0, 0.1) is 17.0 Å². The van der Waals surface area contributed by atoms with Gasteiger partial charge in [-0.3, -0.25) is 14.9 Å². The lowest BCUT2D eigenvalue weighted by molar-refractivity contribution is -0.384. The second-order valence-electron chi connectivity index (χ2n) is 5.16. The maximum atomic E-state index is 13.4. The highest BCUT2D eigenvalue weighted by atomic mass is 19.4. The topological polar surface area (TPSA) is 116 Å². The number of benzene rings is 1. The summed E-state index contributed by atoms with van der Waals surface area (Å²) in [6.45, 7) is 2.74. The number of ether oxygens (including phenoxy) is 1. The summed E-state index contributed by atoms with van der Waals surface area (Å²) in [4.78, 5) is 37.1. The first-order chi connectivity index (χ1) is 12.6. The Morgan fingerprint density at radius 3 is 2.52 bits per heavy atom. The van der Waals surface area contributed by atoms with Gasteiger partial charge in [0.1, 0.15) is 11.5 Å². The number of carbonyl (C=O) groups excluding carboxylic acids is 2. The van der Waals surface area contributed by atoms with Crippen LogP contribution in [0.2, 0.25) is 0 Å². The lowest BCUT2D eigenvalue weighted by Gasteiger charge is -2.16. The van der Waals surface area contributed by atoms with Crippen molar-refractivity contribution < 1.29 is 32.4 Å². The fourth-order valence-electron chi connectivity index (χ4n) is 2.26. The molecule has 1 aromatic heterocycles. The van der Waals surface area contributed by atoms with E-state index in [1.807, 2.05) is 5.32 Å². The summed E-state index contributed by atoms with van der Waals surface area (Å²) in [5.41, 5.74) is -3.41. The molecule has 27 heavy (non-hydrogen) atoms. The molecule has 1 aromatic carbocycles. The molecule has 0 aliphatic heterocycles. The van der Waals surface area contributed by atoms with Gasteiger partial charge in [-0.2, -0.15) is 13.2 Å². The maximum absolute atomic E-state index is 13.4. The van der Waals surface area contributed by atoms with Crippen LogP contribution in [-0.2, 0) is 20.5 Å². The number of aryl methyl sites for hydroxylation is 1. The number of nitro benzene ring substituents is 1. The van der Waals surface area contributed by atoms with Gasteiger partial charge in [0.05, 0.1) is 22.8 Å². The van der Waals surface area contributed by atoms with Crippen LogP contribution in [0.1, 0.15) is 18.3 Å². The second kappa shape index (κ2) is 7.43. The van der Waals surface area contributed by atoms with Crippen molar-refractivity contribution in [1.29, 1.82) is 0 Å². The number of alkyl halides is 3. The predicted molar refractivity (Wildman–Crippen MR) is 85.2 cm³/mol. The van der Waals surface area contributed by atoms with Gasteiger partial charge in [0.2, 0.25) is 0 Å². The van der Waals surface area contributed by atoms with Gasteiger partial charge in [-0.15, -0.1) is 0 Å². The Morgan fingerprint density at radius 1 is 1.37 bits per heavy atom. The third-order valence-corrected chi connectivity index (χ3v) is 3.41. The Bertz CT molecular complexity index is 907. The van der Waals surface area contributed by atoms with E-state index in [0.29, 0.717) is 0 Å². The third kappa shape index (κ3) is 4.22. The van der Waals surface area contributed by atoms with E-state index >= 15 is 0 Å². The third-order valence-electron chi connectivity index (χ3n) is 3.41. The zero-order valence-corrected chi connectivity index (χ0v) is 14.0. The van der Waals surface area contributed by atoms with Crippen LogP contribution in [0.5, 0.6) is 0 Å². The molecule has 0 saturated carbocycles. The van der Waals surface area contributed by atoms with Gasteiger partial charge in [-0.25, -0.2) is 9.78 Å². The number of nitrogens with one attached hydrogen (secondary N) is 1. The van der Waals surface area contributed by atoms with Gasteiger partial charge in [-0.1, -0.05) is 0 Å². The fourth-order valence-corrected chi connectivity index (χ4v) is 2.26. The van der Waals surface area contributed by atoms with Gasteiger partial charge in [0.25, 0.3) is 5.69 Å². The average molecular weight is 386 g/mol. The molecule has 0 spiro atoms. The summed E-state index contributed by atoms with van der Waals surface area (Å²) in [6.07, 6.45) is -2.45. The minimum Gasteiger partial charge on any atom is -0.459 e. The zero-order chi connectivity index (χ0) is 20.4. The van der Waals surface area contributed by atoms with Crippen molar-refractivity contribution in [3.05, 3.63) is 46.0 Å². The number of nitrogens with zero attached hydrogens (tertiary/aromatic N) is 3. The van der Waals surface area contributed by atoms with E-state index in [-0.39, 0.29) is 18.5 Å². The fraction of sp³-hybridized carbons (Fsp3) is 0.267. The molecule has 9 nitrogen and oxygen atoms in total. The number of carbonyl (C=O) groups is 2. The average Bonchev–Trinajstić information content (AvgIpc) is 2.99. The first kappa shape index (κ1) is 19.9. The molecule has 12 heteroatoms. The number of amides is 1. The highest BCUT2D eigenvalue weighted by Crippen LogP contribution is 2.40. The standard InChI is InChI=1S/C15H13F3N4O5/c1-3-27-14(24)13(23)20-10-7-11(21-5-4-19-8(21)2)9(15(16,17)18)6-12(10)22(25)26/h4-7H,3H2,1-2H3,(H,20,23). The van der Waals surface area contributed by atoms with Crippen LogP contribution in [-0.4, -0.2) is 33.0 Å². The molecule has 144 valence electrons. The van der Waals surface area contributed by atoms with E-state index in [9.17, 15) is 32.9 Å². The molecule has 0 saturated heterocycles. The van der Waals surface area contributed by atoms with Crippen LogP contribution in [0.4, 0.5) is 24.5 Å². The molecule has 0 unspecified atom stereocenters. The van der Waals surface area contributed by atoms with E-state index in [1.165, 1.54) is 26.2 Å². The van der Waals surface area contributed by atoms with Gasteiger partial charge in [0.15, 0.2) is 0 Å². The van der Waals surface area contributed by atoms with Gasteiger partial charge < -0.3 is 14.6 Å². The largest absolute Gasteiger partial charge is 0.459 e. The molecule has 0 radical (unpaired) electrons. The molecule has 1 amide bonds. The molecule has 0 atom stereocenters. The summed E-state index contributed by atoms with van der Waals surface area (Å²) >= 11 is 0. The predicted octanol–water partition coefficient (Wildman–Crippen LogP) is 2.61. The molecule has 0 fully saturated rings. The molecule has 1 N–H and O–H groups in total. The smallest absolute Gasteiger partial charge is 0.418 e. The maximum Gasteiger partial charge on any atom is 0.418 e. The quantitative estimate of drug-likeness (QED) is 0.374. The normalized spacial score (nSPS) is 11.1. The lowest BCUT2D eigenvalue weighted by atomic mass is 10.1. The van der Waals surface area contributed by atoms with E-state index in [4.69, 9.17) is 0 Å². The Morgan fingerprint density at radius 2 is 2.04 bits per heavy atom. The van der Waals surface area contributed by atoms with Gasteiger partial charge in [-0.05, 0) is 19.9 Å². The minimum atomic E-state index is -4.92. The number of rotatable bonds is 4. The van der Waals surface area contributed by atoms with Gasteiger partial charge in [0, 0.05) is 18.5 Å². The molecule has 0 aliphatic carbocycles. The van der Waals surface area contributed by atoms with E-state index in [0.717, 1.165) is 10.6 Å². The van der Waals surface area contributed by atoms with Crippen molar-refractivity contribution in [3.8, 4) is 5.69 Å². The molecule has 0 bridgehead atoms. The van der Waals surface area contributed by atoms with E-state index in [1.54, 1.807) is 0 Å². The Labute approximate surface area is 149 Å². The number of hydrogen-bond donors (Lipinski definition) is 1. The Kier molecular flexibility index (Phi) is 5.47. The summed E-state index contributed by atoms with van der Waals surface area (Å²) in [7, 11) is 0. The molecular weight excluding hydrogens is 373 g/mol. The first-order valence-electron chi connectivity index (χ1n) is 7.44. The summed E-state index contributed by atoms with van der Waals surface area (Å²) < 4.78 is 45.8.